The van der Waals surface area contributed by atoms with Crippen molar-refractivity contribution >= 4 is 5.91 Å². The number of nitrogens with one attached hydrogen (secondary N) is 2. The van der Waals surface area contributed by atoms with Crippen molar-refractivity contribution in [1.29, 1.82) is 0 Å². The first-order valence-corrected chi connectivity index (χ1v) is 6.88. The van der Waals surface area contributed by atoms with Crippen LogP contribution in [0, 0.1) is 0 Å². The summed E-state index contributed by atoms with van der Waals surface area (Å²) in [6.07, 6.45) is 4.48. The summed E-state index contributed by atoms with van der Waals surface area (Å²) < 4.78 is 0. The smallest absolute Gasteiger partial charge is 0.269 e. The van der Waals surface area contributed by atoms with Crippen molar-refractivity contribution in [3.63, 3.8) is 0 Å². The van der Waals surface area contributed by atoms with Crippen LogP contribution in [0.3, 0.4) is 0 Å². The van der Waals surface area contributed by atoms with E-state index in [9.17, 15) is 9.90 Å². The molecule has 0 radical (unpaired) electrons. The van der Waals surface area contributed by atoms with Crippen molar-refractivity contribution in [2.24, 2.45) is 0 Å². The van der Waals surface area contributed by atoms with E-state index in [-0.39, 0.29) is 17.7 Å². The number of nitrogens with zero attached hydrogens (tertiary/aromatic N) is 1. The summed E-state index contributed by atoms with van der Waals surface area (Å²) in [6, 6.07) is 8.80. The minimum Gasteiger partial charge on any atom is -0.508 e. The second kappa shape index (κ2) is 5.36. The maximum Gasteiger partial charge on any atom is 0.269 e. The summed E-state index contributed by atoms with van der Waals surface area (Å²) in [7, 11) is 0. The second-order valence-corrected chi connectivity index (χ2v) is 5.17. The van der Waals surface area contributed by atoms with Crippen molar-refractivity contribution in [2.75, 3.05) is 0 Å². The third-order valence-electron chi connectivity index (χ3n) is 3.65. The summed E-state index contributed by atoms with van der Waals surface area (Å²) in [4.78, 5) is 12.1. The van der Waals surface area contributed by atoms with E-state index in [0.717, 1.165) is 18.4 Å². The normalized spacial score (nSPS) is 15.4. The third kappa shape index (κ3) is 2.66. The minimum atomic E-state index is -0.115. The molecule has 1 aliphatic rings. The van der Waals surface area contributed by atoms with Crippen molar-refractivity contribution in [2.45, 2.75) is 31.7 Å². The molecule has 0 atom stereocenters. The monoisotopic (exact) mass is 271 g/mol. The number of aromatic hydroxyl groups is 1. The highest BCUT2D eigenvalue weighted by Gasteiger charge is 2.19. The van der Waals surface area contributed by atoms with E-state index in [1.54, 1.807) is 24.3 Å². The number of phenolic OH excluding ortho intramolecular Hbond substituents is 1. The number of phenols is 1. The van der Waals surface area contributed by atoms with Crippen LogP contribution in [-0.2, 0) is 0 Å². The second-order valence-electron chi connectivity index (χ2n) is 5.17. The average molecular weight is 271 g/mol. The molecule has 3 rings (SSSR count). The lowest BCUT2D eigenvalue weighted by Gasteiger charge is -2.09. The molecule has 5 nitrogen and oxygen atoms in total. The molecule has 2 aromatic rings. The lowest BCUT2D eigenvalue weighted by molar-refractivity contribution is 0.0933. The summed E-state index contributed by atoms with van der Waals surface area (Å²) >= 11 is 0. The maximum atomic E-state index is 12.1. The van der Waals surface area contributed by atoms with Crippen LogP contribution in [-0.4, -0.2) is 27.3 Å². The van der Waals surface area contributed by atoms with E-state index in [1.807, 2.05) is 6.07 Å². The van der Waals surface area contributed by atoms with Gasteiger partial charge < -0.3 is 10.4 Å². The molecular formula is C15H17N3O2. The third-order valence-corrected chi connectivity index (χ3v) is 3.65. The van der Waals surface area contributed by atoms with Crippen LogP contribution < -0.4 is 5.32 Å². The van der Waals surface area contributed by atoms with Gasteiger partial charge in [0.25, 0.3) is 5.91 Å². The topological polar surface area (TPSA) is 78.0 Å². The number of rotatable bonds is 3. The maximum absolute atomic E-state index is 12.1. The number of hydrogen-bond donors (Lipinski definition) is 3. The minimum absolute atomic E-state index is 0.115. The van der Waals surface area contributed by atoms with E-state index in [4.69, 9.17) is 0 Å². The summed E-state index contributed by atoms with van der Waals surface area (Å²) in [5.41, 5.74) is 1.88. The molecule has 5 heteroatoms. The van der Waals surface area contributed by atoms with Crippen LogP contribution in [0.2, 0.25) is 0 Å². The van der Waals surface area contributed by atoms with Crippen LogP contribution in [0.5, 0.6) is 5.75 Å². The first-order chi connectivity index (χ1) is 9.72. The van der Waals surface area contributed by atoms with Gasteiger partial charge in [0.05, 0.1) is 5.69 Å². The Labute approximate surface area is 117 Å². The number of aromatic nitrogens is 2. The van der Waals surface area contributed by atoms with Gasteiger partial charge in [0.2, 0.25) is 0 Å². The van der Waals surface area contributed by atoms with E-state index in [0.29, 0.717) is 11.4 Å². The van der Waals surface area contributed by atoms with Gasteiger partial charge in [-0.25, -0.2) is 0 Å². The zero-order chi connectivity index (χ0) is 13.9. The number of H-pyrrole nitrogens is 1. The van der Waals surface area contributed by atoms with Crippen LogP contribution in [0.4, 0.5) is 0 Å². The first-order valence-electron chi connectivity index (χ1n) is 6.88. The van der Waals surface area contributed by atoms with Crippen molar-refractivity contribution < 1.29 is 9.90 Å². The summed E-state index contributed by atoms with van der Waals surface area (Å²) in [5, 5.41) is 19.4. The van der Waals surface area contributed by atoms with Crippen LogP contribution in [0.25, 0.3) is 11.3 Å². The Morgan fingerprint density at radius 3 is 2.85 bits per heavy atom. The lowest BCUT2D eigenvalue weighted by atomic mass is 10.1. The Morgan fingerprint density at radius 1 is 1.30 bits per heavy atom. The quantitative estimate of drug-likeness (QED) is 0.802. The Bertz CT molecular complexity index is 615. The highest BCUT2D eigenvalue weighted by Crippen LogP contribution is 2.22. The van der Waals surface area contributed by atoms with Crippen molar-refractivity contribution in [3.8, 4) is 17.0 Å². The highest BCUT2D eigenvalue weighted by molar-refractivity contribution is 5.93. The van der Waals surface area contributed by atoms with Crippen LogP contribution >= 0.6 is 0 Å². The number of carbonyl (C=O) groups is 1. The van der Waals surface area contributed by atoms with Gasteiger partial charge in [-0.2, -0.15) is 5.10 Å². The molecule has 1 amide bonds. The molecule has 20 heavy (non-hydrogen) atoms. The number of benzene rings is 1. The van der Waals surface area contributed by atoms with Crippen molar-refractivity contribution in [3.05, 3.63) is 36.0 Å². The van der Waals surface area contributed by atoms with Crippen LogP contribution in [0.15, 0.2) is 30.3 Å². The van der Waals surface area contributed by atoms with E-state index in [2.05, 4.69) is 15.5 Å². The molecule has 1 aromatic heterocycles. The van der Waals surface area contributed by atoms with Gasteiger partial charge in [0.1, 0.15) is 11.4 Å². The summed E-state index contributed by atoms with van der Waals surface area (Å²) in [5.74, 6) is 0.0678. The van der Waals surface area contributed by atoms with Crippen molar-refractivity contribution in [1.82, 2.24) is 15.5 Å². The zero-order valence-corrected chi connectivity index (χ0v) is 11.1. The molecule has 1 fully saturated rings. The fourth-order valence-electron chi connectivity index (χ4n) is 2.58. The van der Waals surface area contributed by atoms with Gasteiger partial charge in [-0.3, -0.25) is 9.89 Å². The number of carbonyl (C=O) groups excluding carboxylic acids is 1. The molecular weight excluding hydrogens is 254 g/mol. The Morgan fingerprint density at radius 2 is 2.10 bits per heavy atom. The number of hydrogen-bond acceptors (Lipinski definition) is 3. The molecule has 0 aliphatic heterocycles. The van der Waals surface area contributed by atoms with E-state index in [1.165, 1.54) is 12.8 Å². The van der Waals surface area contributed by atoms with Crippen LogP contribution in [0.1, 0.15) is 36.2 Å². The van der Waals surface area contributed by atoms with Gasteiger partial charge in [-0.1, -0.05) is 25.0 Å². The Kier molecular flexibility index (Phi) is 3.41. The van der Waals surface area contributed by atoms with E-state index < -0.39 is 0 Å². The SMILES string of the molecule is O=C(NC1CCCC1)c1cc(-c2cccc(O)c2)n[nH]1. The molecule has 1 aliphatic carbocycles. The number of amides is 1. The fourth-order valence-corrected chi connectivity index (χ4v) is 2.58. The Balaban J connectivity index is 1.74. The Hall–Kier alpha value is -2.30. The molecule has 0 unspecified atom stereocenters. The van der Waals surface area contributed by atoms with Gasteiger partial charge in [-0.15, -0.1) is 0 Å². The standard InChI is InChI=1S/C15H17N3O2/c19-12-7-3-4-10(8-12)13-9-14(18-17-13)15(20)16-11-5-1-2-6-11/h3-4,7-9,11,19H,1-2,5-6H2,(H,16,20)(H,17,18). The molecule has 1 aromatic carbocycles. The van der Waals surface area contributed by atoms with Gasteiger partial charge in [0, 0.05) is 11.6 Å². The number of aromatic amines is 1. The molecule has 0 bridgehead atoms. The summed E-state index contributed by atoms with van der Waals surface area (Å²) in [6.45, 7) is 0. The zero-order valence-electron chi connectivity index (χ0n) is 11.1. The molecule has 1 heterocycles. The van der Waals surface area contributed by atoms with E-state index >= 15 is 0 Å². The largest absolute Gasteiger partial charge is 0.508 e. The molecule has 0 saturated heterocycles. The first kappa shape index (κ1) is 12.7. The average Bonchev–Trinajstić information content (AvgIpc) is 3.09. The molecule has 0 spiro atoms. The highest BCUT2D eigenvalue weighted by atomic mass is 16.3. The van der Waals surface area contributed by atoms with Gasteiger partial charge in [-0.05, 0) is 31.0 Å². The van der Waals surface area contributed by atoms with Gasteiger partial charge >= 0.3 is 0 Å². The lowest BCUT2D eigenvalue weighted by Crippen LogP contribution is -2.32. The fraction of sp³-hybridized carbons (Fsp3) is 0.333. The predicted molar refractivity (Wildman–Crippen MR) is 75.4 cm³/mol. The molecule has 104 valence electrons. The molecule has 3 N–H and O–H groups in total. The predicted octanol–water partition coefficient (Wildman–Crippen LogP) is 2.45. The van der Waals surface area contributed by atoms with Gasteiger partial charge in [0.15, 0.2) is 0 Å². The molecule has 1 saturated carbocycles.